The summed E-state index contributed by atoms with van der Waals surface area (Å²) < 4.78 is 7.45. The Kier molecular flexibility index (Phi) is 6.84. The van der Waals surface area contributed by atoms with Crippen LogP contribution in [0.4, 0.5) is 5.69 Å². The number of halogens is 1. The normalized spacial score (nSPS) is 16.2. The molecule has 34 heavy (non-hydrogen) atoms. The third-order valence-corrected chi connectivity index (χ3v) is 6.54. The maximum absolute atomic E-state index is 13.3. The van der Waals surface area contributed by atoms with Crippen molar-refractivity contribution < 1.29 is 14.3 Å². The summed E-state index contributed by atoms with van der Waals surface area (Å²) in [5.41, 5.74) is 2.36. The molecule has 1 aromatic heterocycles. The lowest BCUT2D eigenvalue weighted by molar-refractivity contribution is -0.135. The smallest absolute Gasteiger partial charge is 0.243 e. The number of imidazole rings is 1. The van der Waals surface area contributed by atoms with Gasteiger partial charge in [0.15, 0.2) is 0 Å². The van der Waals surface area contributed by atoms with E-state index in [2.05, 4.69) is 0 Å². The summed E-state index contributed by atoms with van der Waals surface area (Å²) in [7, 11) is 1.57. The summed E-state index contributed by atoms with van der Waals surface area (Å²) in [6.07, 6.45) is 0.297. The van der Waals surface area contributed by atoms with Crippen molar-refractivity contribution in [2.75, 3.05) is 18.6 Å². The molecule has 1 aliphatic heterocycles. The van der Waals surface area contributed by atoms with Crippen molar-refractivity contribution in [2.24, 2.45) is 0 Å². The summed E-state index contributed by atoms with van der Waals surface area (Å²) in [6, 6.07) is 13.2. The fraction of sp³-hybridized carbons (Fsp3) is 0.423. The molecule has 2 aromatic carbocycles. The van der Waals surface area contributed by atoms with E-state index >= 15 is 0 Å². The zero-order valence-electron chi connectivity index (χ0n) is 20.3. The van der Waals surface area contributed by atoms with E-state index in [4.69, 9.17) is 21.3 Å². The average Bonchev–Trinajstić information content (AvgIpc) is 3.33. The molecule has 8 heteroatoms. The van der Waals surface area contributed by atoms with Crippen molar-refractivity contribution >= 4 is 40.1 Å². The number of amides is 2. The highest BCUT2D eigenvalue weighted by Gasteiger charge is 2.36. The molecule has 0 bridgehead atoms. The Balaban J connectivity index is 1.71. The molecule has 1 unspecified atom stereocenters. The van der Waals surface area contributed by atoms with Crippen LogP contribution in [0.3, 0.4) is 0 Å². The van der Waals surface area contributed by atoms with Gasteiger partial charge in [-0.2, -0.15) is 0 Å². The van der Waals surface area contributed by atoms with Crippen LogP contribution < -0.4 is 9.64 Å². The van der Waals surface area contributed by atoms with E-state index in [1.807, 2.05) is 61.4 Å². The molecule has 2 amide bonds. The maximum atomic E-state index is 13.3. The summed E-state index contributed by atoms with van der Waals surface area (Å²) in [6.45, 7) is 8.71. The number of fused-ring (bicyclic) bond motifs is 1. The number of carbonyl (C=O) groups excluding carboxylic acids is 2. The molecule has 1 fully saturated rings. The molecule has 0 N–H and O–H groups in total. The standard InChI is InChI=1S/C26H31ClN4O3/c1-16(2)31(17(3)4)25(33)15-30-21-9-7-6-8-20(21)28-26(30)18-12-24(32)29(14-18)22-13-19(27)10-11-23(22)34-5/h6-11,13,16-18H,12,14-15H2,1-5H3. The molecule has 0 saturated carbocycles. The molecule has 0 spiro atoms. The Labute approximate surface area is 205 Å². The third kappa shape index (κ3) is 4.49. The Morgan fingerprint density at radius 2 is 1.88 bits per heavy atom. The van der Waals surface area contributed by atoms with E-state index in [0.717, 1.165) is 16.9 Å². The Morgan fingerprint density at radius 3 is 2.56 bits per heavy atom. The minimum atomic E-state index is -0.164. The van der Waals surface area contributed by atoms with Gasteiger partial charge in [0.25, 0.3) is 0 Å². The highest BCUT2D eigenvalue weighted by atomic mass is 35.5. The van der Waals surface area contributed by atoms with Crippen molar-refractivity contribution in [3.63, 3.8) is 0 Å². The van der Waals surface area contributed by atoms with Gasteiger partial charge in [0.05, 0.1) is 23.8 Å². The van der Waals surface area contributed by atoms with Gasteiger partial charge >= 0.3 is 0 Å². The molecule has 7 nitrogen and oxygen atoms in total. The Morgan fingerprint density at radius 1 is 1.18 bits per heavy atom. The second kappa shape index (κ2) is 9.66. The highest BCUT2D eigenvalue weighted by Crippen LogP contribution is 2.38. The second-order valence-electron chi connectivity index (χ2n) is 9.25. The monoisotopic (exact) mass is 482 g/mol. The topological polar surface area (TPSA) is 67.7 Å². The number of carbonyl (C=O) groups is 2. The quantitative estimate of drug-likeness (QED) is 0.482. The lowest BCUT2D eigenvalue weighted by atomic mass is 10.1. The zero-order valence-corrected chi connectivity index (χ0v) is 21.0. The van der Waals surface area contributed by atoms with Gasteiger partial charge in [0.2, 0.25) is 11.8 Å². The van der Waals surface area contributed by atoms with Gasteiger partial charge in [-0.3, -0.25) is 9.59 Å². The first-order chi connectivity index (χ1) is 16.2. The van der Waals surface area contributed by atoms with Crippen LogP contribution in [0.2, 0.25) is 5.02 Å². The van der Waals surface area contributed by atoms with E-state index in [-0.39, 0.29) is 36.4 Å². The first kappa shape index (κ1) is 24.1. The summed E-state index contributed by atoms with van der Waals surface area (Å²) in [5.74, 6) is 1.18. The fourth-order valence-electron chi connectivity index (χ4n) is 4.95. The van der Waals surface area contributed by atoms with Crippen LogP contribution in [0.5, 0.6) is 5.75 Å². The number of rotatable bonds is 7. The van der Waals surface area contributed by atoms with Crippen LogP contribution in [0.15, 0.2) is 42.5 Å². The van der Waals surface area contributed by atoms with Gasteiger partial charge in [-0.05, 0) is 58.0 Å². The fourth-order valence-corrected chi connectivity index (χ4v) is 5.11. The lowest BCUT2D eigenvalue weighted by Crippen LogP contribution is -2.44. The van der Waals surface area contributed by atoms with E-state index in [9.17, 15) is 9.59 Å². The van der Waals surface area contributed by atoms with Gasteiger partial charge in [0, 0.05) is 36.0 Å². The van der Waals surface area contributed by atoms with Crippen LogP contribution in [-0.4, -0.2) is 52.0 Å². The molecule has 180 valence electrons. The SMILES string of the molecule is COc1ccc(Cl)cc1N1CC(c2nc3ccccc3n2CC(=O)N(C(C)C)C(C)C)CC1=O. The van der Waals surface area contributed by atoms with Gasteiger partial charge < -0.3 is 19.1 Å². The van der Waals surface area contributed by atoms with Crippen molar-refractivity contribution in [2.45, 2.75) is 58.7 Å². The molecule has 2 heterocycles. The predicted octanol–water partition coefficient (Wildman–Crippen LogP) is 4.86. The first-order valence-corrected chi connectivity index (χ1v) is 12.0. The number of ether oxygens (including phenoxy) is 1. The highest BCUT2D eigenvalue weighted by molar-refractivity contribution is 6.31. The minimum absolute atomic E-state index is 0.0264. The molecule has 3 aromatic rings. The first-order valence-electron chi connectivity index (χ1n) is 11.6. The number of methoxy groups -OCH3 is 1. The summed E-state index contributed by atoms with van der Waals surface area (Å²) >= 11 is 6.22. The van der Waals surface area contributed by atoms with Gasteiger partial charge in [0.1, 0.15) is 18.1 Å². The minimum Gasteiger partial charge on any atom is -0.495 e. The van der Waals surface area contributed by atoms with Gasteiger partial charge in [-0.15, -0.1) is 0 Å². The summed E-state index contributed by atoms with van der Waals surface area (Å²) in [5, 5.41) is 0.535. The van der Waals surface area contributed by atoms with Gasteiger partial charge in [-0.25, -0.2) is 4.98 Å². The average molecular weight is 483 g/mol. The van der Waals surface area contributed by atoms with Gasteiger partial charge in [-0.1, -0.05) is 23.7 Å². The second-order valence-corrected chi connectivity index (χ2v) is 9.69. The number of para-hydroxylation sites is 2. The van der Waals surface area contributed by atoms with Crippen LogP contribution in [0, 0.1) is 0 Å². The number of anilines is 1. The molecule has 4 rings (SSSR count). The van der Waals surface area contributed by atoms with Crippen molar-refractivity contribution in [1.82, 2.24) is 14.5 Å². The summed E-state index contributed by atoms with van der Waals surface area (Å²) in [4.78, 5) is 34.9. The molecule has 1 atom stereocenters. The van der Waals surface area contributed by atoms with E-state index in [1.54, 1.807) is 30.2 Å². The predicted molar refractivity (Wildman–Crippen MR) is 135 cm³/mol. The number of nitrogens with zero attached hydrogens (tertiary/aromatic N) is 4. The van der Waals surface area contributed by atoms with E-state index in [1.165, 1.54) is 0 Å². The Hall–Kier alpha value is -3.06. The Bertz CT molecular complexity index is 1210. The number of benzene rings is 2. The number of hydrogen-bond acceptors (Lipinski definition) is 4. The van der Waals surface area contributed by atoms with Crippen LogP contribution in [0.25, 0.3) is 11.0 Å². The van der Waals surface area contributed by atoms with E-state index < -0.39 is 0 Å². The van der Waals surface area contributed by atoms with E-state index in [0.29, 0.717) is 29.4 Å². The lowest BCUT2D eigenvalue weighted by Gasteiger charge is -2.31. The zero-order chi connectivity index (χ0) is 24.6. The van der Waals surface area contributed by atoms with Crippen molar-refractivity contribution in [3.8, 4) is 5.75 Å². The largest absolute Gasteiger partial charge is 0.495 e. The maximum Gasteiger partial charge on any atom is 0.243 e. The number of hydrogen-bond donors (Lipinski definition) is 0. The van der Waals surface area contributed by atoms with Crippen molar-refractivity contribution in [1.29, 1.82) is 0 Å². The molecule has 0 radical (unpaired) electrons. The van der Waals surface area contributed by atoms with Crippen LogP contribution in [0.1, 0.15) is 45.9 Å². The van der Waals surface area contributed by atoms with Crippen molar-refractivity contribution in [3.05, 3.63) is 53.3 Å². The molecular formula is C26H31ClN4O3. The molecule has 1 saturated heterocycles. The van der Waals surface area contributed by atoms with Crippen LogP contribution in [-0.2, 0) is 16.1 Å². The van der Waals surface area contributed by atoms with Crippen LogP contribution >= 0.6 is 11.6 Å². The number of aromatic nitrogens is 2. The molecular weight excluding hydrogens is 452 g/mol. The molecule has 0 aliphatic carbocycles. The third-order valence-electron chi connectivity index (χ3n) is 6.30. The molecule has 1 aliphatic rings.